The minimum absolute atomic E-state index is 0.274. The molecule has 0 aliphatic carbocycles. The molecule has 0 amide bonds. The first-order chi connectivity index (χ1) is 10.7. The quantitative estimate of drug-likeness (QED) is 0.836. The second-order valence-corrected chi connectivity index (χ2v) is 6.44. The molecule has 0 atom stereocenters. The van der Waals surface area contributed by atoms with Crippen molar-refractivity contribution in [1.29, 1.82) is 0 Å². The Morgan fingerprint density at radius 1 is 1.05 bits per heavy atom. The smallest absolute Gasteiger partial charge is 0.231 e. The van der Waals surface area contributed by atoms with E-state index < -0.39 is 0 Å². The van der Waals surface area contributed by atoms with E-state index >= 15 is 0 Å². The molecule has 4 rings (SSSR count). The molecule has 2 fully saturated rings. The lowest BCUT2D eigenvalue weighted by Crippen LogP contribution is -2.49. The summed E-state index contributed by atoms with van der Waals surface area (Å²) in [6.07, 6.45) is 2.82. The molecule has 0 unspecified atom stereocenters. The largest absolute Gasteiger partial charge is 0.454 e. The van der Waals surface area contributed by atoms with E-state index in [1.807, 2.05) is 12.1 Å². The van der Waals surface area contributed by atoms with E-state index in [2.05, 4.69) is 4.90 Å². The van der Waals surface area contributed by atoms with Crippen molar-refractivity contribution in [2.45, 2.75) is 31.6 Å². The summed E-state index contributed by atoms with van der Waals surface area (Å²) in [7, 11) is 0. The summed E-state index contributed by atoms with van der Waals surface area (Å²) in [4.78, 5) is 2.38. The van der Waals surface area contributed by atoms with Gasteiger partial charge >= 0.3 is 0 Å². The number of hydrogen-bond acceptors (Lipinski definition) is 5. The highest BCUT2D eigenvalue weighted by Crippen LogP contribution is 2.38. The van der Waals surface area contributed by atoms with Crippen molar-refractivity contribution in [2.24, 2.45) is 0 Å². The lowest BCUT2D eigenvalue weighted by atomic mass is 10.0. The summed E-state index contributed by atoms with van der Waals surface area (Å²) in [6.45, 7) is 4.61. The second-order valence-electron chi connectivity index (χ2n) is 6.03. The van der Waals surface area contributed by atoms with Crippen LogP contribution >= 0.6 is 11.6 Å². The van der Waals surface area contributed by atoms with Crippen molar-refractivity contribution in [3.63, 3.8) is 0 Å². The van der Waals surface area contributed by atoms with E-state index in [0.717, 1.165) is 74.2 Å². The summed E-state index contributed by atoms with van der Waals surface area (Å²) < 4.78 is 22.5. The number of fused-ring (bicyclic) bond motifs is 1. The van der Waals surface area contributed by atoms with Crippen LogP contribution in [0, 0.1) is 0 Å². The standard InChI is InChI=1S/C16H20ClNO4/c17-13-9-15-14(19-11-20-15)8-12(13)10-18-4-2-16(3-5-18)21-6-1-7-22-16/h8-9H,1-7,10-11H2. The van der Waals surface area contributed by atoms with Crippen LogP contribution in [0.3, 0.4) is 0 Å². The molecule has 1 spiro atoms. The predicted molar refractivity (Wildman–Crippen MR) is 81.3 cm³/mol. The van der Waals surface area contributed by atoms with Crippen LogP contribution in [0.25, 0.3) is 0 Å². The average Bonchev–Trinajstić information content (AvgIpc) is 2.98. The molecular formula is C16H20ClNO4. The number of hydrogen-bond donors (Lipinski definition) is 0. The van der Waals surface area contributed by atoms with Gasteiger partial charge in [0, 0.05) is 43.6 Å². The maximum absolute atomic E-state index is 6.36. The van der Waals surface area contributed by atoms with Gasteiger partial charge in [0.25, 0.3) is 0 Å². The predicted octanol–water partition coefficient (Wildman–Crippen LogP) is 2.80. The van der Waals surface area contributed by atoms with Gasteiger partial charge in [-0.05, 0) is 18.1 Å². The molecule has 120 valence electrons. The highest BCUT2D eigenvalue weighted by molar-refractivity contribution is 6.31. The summed E-state index contributed by atoms with van der Waals surface area (Å²) in [5, 5.41) is 0.731. The monoisotopic (exact) mass is 325 g/mol. The van der Waals surface area contributed by atoms with Crippen molar-refractivity contribution in [3.8, 4) is 11.5 Å². The summed E-state index contributed by atoms with van der Waals surface area (Å²) >= 11 is 6.36. The molecule has 3 aliphatic heterocycles. The van der Waals surface area contributed by atoms with Gasteiger partial charge in [0.15, 0.2) is 17.3 Å². The van der Waals surface area contributed by atoms with Gasteiger partial charge in [-0.3, -0.25) is 4.90 Å². The van der Waals surface area contributed by atoms with Crippen LogP contribution in [0.2, 0.25) is 5.02 Å². The number of piperidine rings is 1. The SMILES string of the molecule is Clc1cc2c(cc1CN1CCC3(CC1)OCCCO3)OCO2. The Hall–Kier alpha value is -1.01. The average molecular weight is 326 g/mol. The van der Waals surface area contributed by atoms with Gasteiger partial charge in [-0.25, -0.2) is 0 Å². The number of halogens is 1. The van der Waals surface area contributed by atoms with Crippen LogP contribution in [0.15, 0.2) is 12.1 Å². The van der Waals surface area contributed by atoms with Gasteiger partial charge in [-0.2, -0.15) is 0 Å². The normalized spacial score (nSPS) is 23.9. The Balaban J connectivity index is 1.41. The summed E-state index contributed by atoms with van der Waals surface area (Å²) in [5.41, 5.74) is 1.08. The van der Waals surface area contributed by atoms with Crippen LogP contribution in [-0.2, 0) is 16.0 Å². The molecule has 0 saturated carbocycles. The fraction of sp³-hybridized carbons (Fsp3) is 0.625. The highest BCUT2D eigenvalue weighted by Gasteiger charge is 2.38. The maximum atomic E-state index is 6.36. The Bertz CT molecular complexity index is 549. The maximum Gasteiger partial charge on any atom is 0.231 e. The van der Waals surface area contributed by atoms with Crippen molar-refractivity contribution < 1.29 is 18.9 Å². The first kappa shape index (κ1) is 14.6. The summed E-state index contributed by atoms with van der Waals surface area (Å²) in [5.74, 6) is 1.18. The lowest BCUT2D eigenvalue weighted by Gasteiger charge is -2.43. The van der Waals surface area contributed by atoms with Gasteiger partial charge in [0.1, 0.15) is 0 Å². The number of rotatable bonds is 2. The van der Waals surface area contributed by atoms with Crippen molar-refractivity contribution in [1.82, 2.24) is 4.90 Å². The Morgan fingerprint density at radius 2 is 1.73 bits per heavy atom. The van der Waals surface area contributed by atoms with E-state index in [9.17, 15) is 0 Å². The highest BCUT2D eigenvalue weighted by atomic mass is 35.5. The zero-order chi connectivity index (χ0) is 15.0. The molecule has 1 aromatic rings. The van der Waals surface area contributed by atoms with Gasteiger partial charge in [-0.1, -0.05) is 11.6 Å². The molecule has 3 heterocycles. The van der Waals surface area contributed by atoms with Gasteiger partial charge < -0.3 is 18.9 Å². The minimum Gasteiger partial charge on any atom is -0.454 e. The van der Waals surface area contributed by atoms with Crippen LogP contribution in [0.5, 0.6) is 11.5 Å². The van der Waals surface area contributed by atoms with Gasteiger partial charge in [-0.15, -0.1) is 0 Å². The number of benzene rings is 1. The second kappa shape index (κ2) is 5.89. The van der Waals surface area contributed by atoms with Crippen LogP contribution in [-0.4, -0.2) is 43.8 Å². The van der Waals surface area contributed by atoms with E-state index in [1.165, 1.54) is 0 Å². The lowest BCUT2D eigenvalue weighted by molar-refractivity contribution is -0.284. The zero-order valence-corrected chi connectivity index (χ0v) is 13.2. The number of likely N-dealkylation sites (tertiary alicyclic amines) is 1. The van der Waals surface area contributed by atoms with E-state index in [-0.39, 0.29) is 12.6 Å². The topological polar surface area (TPSA) is 40.2 Å². The molecular weight excluding hydrogens is 306 g/mol. The van der Waals surface area contributed by atoms with Crippen molar-refractivity contribution in [2.75, 3.05) is 33.1 Å². The molecule has 5 nitrogen and oxygen atoms in total. The molecule has 6 heteroatoms. The van der Waals surface area contributed by atoms with E-state index in [1.54, 1.807) is 0 Å². The third-order valence-electron chi connectivity index (χ3n) is 4.57. The first-order valence-electron chi connectivity index (χ1n) is 7.82. The fourth-order valence-electron chi connectivity index (χ4n) is 3.28. The molecule has 22 heavy (non-hydrogen) atoms. The Labute approximate surface area is 135 Å². The third-order valence-corrected chi connectivity index (χ3v) is 4.92. The molecule has 0 radical (unpaired) electrons. The minimum atomic E-state index is -0.340. The summed E-state index contributed by atoms with van der Waals surface area (Å²) in [6, 6.07) is 3.83. The van der Waals surface area contributed by atoms with Gasteiger partial charge in [0.2, 0.25) is 6.79 Å². The molecule has 0 aromatic heterocycles. The number of nitrogens with zero attached hydrogens (tertiary/aromatic N) is 1. The zero-order valence-electron chi connectivity index (χ0n) is 12.5. The fourth-order valence-corrected chi connectivity index (χ4v) is 3.49. The van der Waals surface area contributed by atoms with Crippen LogP contribution in [0.1, 0.15) is 24.8 Å². The first-order valence-corrected chi connectivity index (χ1v) is 8.20. The Morgan fingerprint density at radius 3 is 2.45 bits per heavy atom. The van der Waals surface area contributed by atoms with Crippen LogP contribution < -0.4 is 9.47 Å². The third kappa shape index (κ3) is 2.78. The van der Waals surface area contributed by atoms with E-state index in [0.29, 0.717) is 0 Å². The Kier molecular flexibility index (Phi) is 3.90. The van der Waals surface area contributed by atoms with Gasteiger partial charge in [0.05, 0.1) is 13.2 Å². The molecule has 3 aliphatic rings. The van der Waals surface area contributed by atoms with Crippen LogP contribution in [0.4, 0.5) is 0 Å². The molecule has 1 aromatic carbocycles. The number of ether oxygens (including phenoxy) is 4. The molecule has 2 saturated heterocycles. The molecule has 0 N–H and O–H groups in total. The van der Waals surface area contributed by atoms with Crippen molar-refractivity contribution >= 4 is 11.6 Å². The van der Waals surface area contributed by atoms with E-state index in [4.69, 9.17) is 30.5 Å². The van der Waals surface area contributed by atoms with Crippen molar-refractivity contribution in [3.05, 3.63) is 22.7 Å². The molecule has 0 bridgehead atoms.